The zero-order valence-electron chi connectivity index (χ0n) is 8.76. The van der Waals surface area contributed by atoms with Crippen molar-refractivity contribution in [2.75, 3.05) is 0 Å². The zero-order valence-corrected chi connectivity index (χ0v) is 10.9. The van der Waals surface area contributed by atoms with Gasteiger partial charge in [-0.2, -0.15) is 0 Å². The molecule has 0 bridgehead atoms. The quantitative estimate of drug-likeness (QED) is 0.865. The van der Waals surface area contributed by atoms with E-state index in [0.717, 1.165) is 3.57 Å². The third kappa shape index (κ3) is 2.97. The van der Waals surface area contributed by atoms with Crippen molar-refractivity contribution in [1.82, 2.24) is 0 Å². The molecule has 0 aliphatic heterocycles. The summed E-state index contributed by atoms with van der Waals surface area (Å²) in [6.07, 6.45) is 0. The minimum atomic E-state index is -0.959. The van der Waals surface area contributed by atoms with Crippen LogP contribution < -0.4 is 4.74 Å². The Bertz CT molecular complexity index is 538. The molecule has 2 rings (SSSR count). The van der Waals surface area contributed by atoms with Crippen molar-refractivity contribution >= 4 is 28.6 Å². The lowest BCUT2D eigenvalue weighted by molar-refractivity contribution is 0.0696. The number of rotatable bonds is 3. The Hall–Kier alpha value is -1.56. The first-order valence-electron chi connectivity index (χ1n) is 4.92. The number of carboxylic acids is 1. The highest BCUT2D eigenvalue weighted by molar-refractivity contribution is 14.1. The van der Waals surface area contributed by atoms with E-state index in [1.807, 2.05) is 30.3 Å². The maximum absolute atomic E-state index is 10.9. The van der Waals surface area contributed by atoms with Crippen LogP contribution in [0.1, 0.15) is 10.4 Å². The Labute approximate surface area is 112 Å². The Balaban J connectivity index is 2.32. The monoisotopic (exact) mass is 340 g/mol. The molecule has 0 fully saturated rings. The number of benzene rings is 2. The molecule has 0 aliphatic carbocycles. The van der Waals surface area contributed by atoms with Crippen molar-refractivity contribution in [2.24, 2.45) is 0 Å². The van der Waals surface area contributed by atoms with Gasteiger partial charge in [0.25, 0.3) is 0 Å². The summed E-state index contributed by atoms with van der Waals surface area (Å²) in [6, 6.07) is 14.1. The molecule has 0 unspecified atom stereocenters. The van der Waals surface area contributed by atoms with Gasteiger partial charge in [0.2, 0.25) is 0 Å². The SMILES string of the molecule is O=C(O)c1ccc(I)c(Oc2ccccc2)c1. The van der Waals surface area contributed by atoms with E-state index in [2.05, 4.69) is 22.6 Å². The number of hydrogen-bond acceptors (Lipinski definition) is 2. The van der Waals surface area contributed by atoms with Crippen molar-refractivity contribution in [3.63, 3.8) is 0 Å². The van der Waals surface area contributed by atoms with E-state index >= 15 is 0 Å². The van der Waals surface area contributed by atoms with E-state index in [9.17, 15) is 4.79 Å². The molecule has 0 heterocycles. The molecule has 86 valence electrons. The number of halogens is 1. The Morgan fingerprint density at radius 1 is 1.12 bits per heavy atom. The van der Waals surface area contributed by atoms with Crippen molar-refractivity contribution in [2.45, 2.75) is 0 Å². The van der Waals surface area contributed by atoms with Crippen molar-refractivity contribution < 1.29 is 14.6 Å². The molecule has 0 saturated heterocycles. The zero-order chi connectivity index (χ0) is 12.3. The molecule has 0 saturated carbocycles. The number of para-hydroxylation sites is 1. The maximum Gasteiger partial charge on any atom is 0.335 e. The second kappa shape index (κ2) is 5.18. The summed E-state index contributed by atoms with van der Waals surface area (Å²) >= 11 is 2.11. The van der Waals surface area contributed by atoms with Gasteiger partial charge in [-0.05, 0) is 52.9 Å². The van der Waals surface area contributed by atoms with Crippen molar-refractivity contribution in [1.29, 1.82) is 0 Å². The summed E-state index contributed by atoms with van der Waals surface area (Å²) in [5.74, 6) is 0.281. The van der Waals surface area contributed by atoms with Gasteiger partial charge in [-0.1, -0.05) is 18.2 Å². The van der Waals surface area contributed by atoms with Crippen LogP contribution in [0.15, 0.2) is 48.5 Å². The smallest absolute Gasteiger partial charge is 0.335 e. The van der Waals surface area contributed by atoms with E-state index in [1.165, 1.54) is 6.07 Å². The Morgan fingerprint density at radius 3 is 2.47 bits per heavy atom. The average molecular weight is 340 g/mol. The summed E-state index contributed by atoms with van der Waals surface area (Å²) in [4.78, 5) is 10.9. The number of ether oxygens (including phenoxy) is 1. The summed E-state index contributed by atoms with van der Waals surface area (Å²) in [5.41, 5.74) is 0.219. The largest absolute Gasteiger partial charge is 0.478 e. The molecule has 0 atom stereocenters. The average Bonchev–Trinajstić information content (AvgIpc) is 2.33. The van der Waals surface area contributed by atoms with Gasteiger partial charge in [-0.15, -0.1) is 0 Å². The highest BCUT2D eigenvalue weighted by Gasteiger charge is 2.08. The van der Waals surface area contributed by atoms with Crippen LogP contribution in [-0.4, -0.2) is 11.1 Å². The summed E-state index contributed by atoms with van der Waals surface area (Å²) in [7, 11) is 0. The molecule has 2 aromatic carbocycles. The molecule has 0 radical (unpaired) electrons. The van der Waals surface area contributed by atoms with Gasteiger partial charge in [-0.25, -0.2) is 4.79 Å². The fraction of sp³-hybridized carbons (Fsp3) is 0. The lowest BCUT2D eigenvalue weighted by atomic mass is 10.2. The van der Waals surface area contributed by atoms with E-state index in [4.69, 9.17) is 9.84 Å². The first-order valence-corrected chi connectivity index (χ1v) is 6.00. The minimum absolute atomic E-state index is 0.219. The fourth-order valence-corrected chi connectivity index (χ4v) is 1.78. The predicted molar refractivity (Wildman–Crippen MR) is 72.6 cm³/mol. The first kappa shape index (κ1) is 11.9. The predicted octanol–water partition coefficient (Wildman–Crippen LogP) is 3.78. The van der Waals surface area contributed by atoms with Gasteiger partial charge >= 0.3 is 5.97 Å². The number of carboxylic acid groups (broad SMARTS) is 1. The van der Waals surface area contributed by atoms with Crippen LogP contribution in [0.3, 0.4) is 0 Å². The van der Waals surface area contributed by atoms with Gasteiger partial charge in [0.1, 0.15) is 11.5 Å². The van der Waals surface area contributed by atoms with Crippen LogP contribution in [0.4, 0.5) is 0 Å². The fourth-order valence-electron chi connectivity index (χ4n) is 1.33. The molecular formula is C13H9IO3. The van der Waals surface area contributed by atoms with Gasteiger partial charge in [0.15, 0.2) is 0 Å². The minimum Gasteiger partial charge on any atom is -0.478 e. The standard InChI is InChI=1S/C13H9IO3/c14-11-7-6-9(13(15)16)8-12(11)17-10-4-2-1-3-5-10/h1-8H,(H,15,16). The van der Waals surface area contributed by atoms with Crippen LogP contribution >= 0.6 is 22.6 Å². The second-order valence-electron chi connectivity index (χ2n) is 3.37. The van der Waals surface area contributed by atoms with Crippen molar-refractivity contribution in [3.05, 3.63) is 57.7 Å². The van der Waals surface area contributed by atoms with Gasteiger partial charge in [0, 0.05) is 0 Å². The van der Waals surface area contributed by atoms with Crippen LogP contribution in [0.25, 0.3) is 0 Å². The van der Waals surface area contributed by atoms with Crippen LogP contribution in [0, 0.1) is 3.57 Å². The molecule has 1 N–H and O–H groups in total. The van der Waals surface area contributed by atoms with Gasteiger partial charge in [0.05, 0.1) is 9.13 Å². The maximum atomic E-state index is 10.9. The summed E-state index contributed by atoms with van der Waals surface area (Å²) in [6.45, 7) is 0. The molecule has 0 aromatic heterocycles. The van der Waals surface area contributed by atoms with Crippen molar-refractivity contribution in [3.8, 4) is 11.5 Å². The summed E-state index contributed by atoms with van der Waals surface area (Å²) < 4.78 is 6.50. The number of aromatic carboxylic acids is 1. The Kier molecular flexibility index (Phi) is 3.63. The number of carbonyl (C=O) groups is 1. The lowest BCUT2D eigenvalue weighted by Crippen LogP contribution is -1.97. The topological polar surface area (TPSA) is 46.5 Å². The Morgan fingerprint density at radius 2 is 1.82 bits per heavy atom. The highest BCUT2D eigenvalue weighted by atomic mass is 127. The van der Waals surface area contributed by atoms with E-state index < -0.39 is 5.97 Å². The molecule has 17 heavy (non-hydrogen) atoms. The van der Waals surface area contributed by atoms with E-state index in [-0.39, 0.29) is 5.56 Å². The second-order valence-corrected chi connectivity index (χ2v) is 4.53. The molecule has 0 spiro atoms. The third-order valence-corrected chi connectivity index (χ3v) is 3.04. The first-order chi connectivity index (χ1) is 8.16. The highest BCUT2D eigenvalue weighted by Crippen LogP contribution is 2.27. The summed E-state index contributed by atoms with van der Waals surface area (Å²) in [5, 5.41) is 8.91. The normalized spacial score (nSPS) is 9.94. The molecule has 0 aliphatic rings. The van der Waals surface area contributed by atoms with Crippen LogP contribution in [0.2, 0.25) is 0 Å². The number of hydrogen-bond donors (Lipinski definition) is 1. The molecule has 4 heteroatoms. The molecule has 3 nitrogen and oxygen atoms in total. The molecular weight excluding hydrogens is 331 g/mol. The molecule has 0 amide bonds. The van der Waals surface area contributed by atoms with E-state index in [0.29, 0.717) is 11.5 Å². The molecule has 2 aromatic rings. The van der Waals surface area contributed by atoms with Gasteiger partial charge in [-0.3, -0.25) is 0 Å². The van der Waals surface area contributed by atoms with Crippen LogP contribution in [-0.2, 0) is 0 Å². The van der Waals surface area contributed by atoms with Gasteiger partial charge < -0.3 is 9.84 Å². The lowest BCUT2D eigenvalue weighted by Gasteiger charge is -2.08. The van der Waals surface area contributed by atoms with E-state index in [1.54, 1.807) is 12.1 Å². The van der Waals surface area contributed by atoms with Crippen LogP contribution in [0.5, 0.6) is 11.5 Å². The third-order valence-electron chi connectivity index (χ3n) is 2.15.